The molecular formula is C8H15NO2. The zero-order valence-electron chi connectivity index (χ0n) is 7.33. The monoisotopic (exact) mass is 157 g/mol. The maximum Gasteiger partial charge on any atom is 0.328 e. The Morgan fingerprint density at radius 2 is 2.27 bits per heavy atom. The van der Waals surface area contributed by atoms with Gasteiger partial charge in [-0.1, -0.05) is 13.5 Å². The lowest BCUT2D eigenvalue weighted by atomic mass is 10.2. The van der Waals surface area contributed by atoms with Crippen LogP contribution in [0.3, 0.4) is 0 Å². The van der Waals surface area contributed by atoms with E-state index in [1.54, 1.807) is 0 Å². The van der Waals surface area contributed by atoms with Gasteiger partial charge in [-0.25, -0.2) is 4.79 Å². The van der Waals surface area contributed by atoms with Crippen molar-refractivity contribution in [1.82, 2.24) is 4.90 Å². The van der Waals surface area contributed by atoms with E-state index in [0.717, 1.165) is 12.7 Å². The van der Waals surface area contributed by atoms with E-state index >= 15 is 0 Å². The Hall–Kier alpha value is -0.830. The number of likely N-dealkylation sites (N-methyl/N-ethyl adjacent to an activating group) is 1. The van der Waals surface area contributed by atoms with Gasteiger partial charge in [0, 0.05) is 0 Å². The summed E-state index contributed by atoms with van der Waals surface area (Å²) in [7, 11) is 3.69. The second-order valence-electron chi connectivity index (χ2n) is 2.49. The lowest BCUT2D eigenvalue weighted by Crippen LogP contribution is -2.35. The fraction of sp³-hybridized carbons (Fsp3) is 0.625. The first kappa shape index (κ1) is 10.2. The molecule has 1 unspecified atom stereocenters. The predicted molar refractivity (Wildman–Crippen MR) is 44.1 cm³/mol. The Bertz CT molecular complexity index is 143. The molecule has 11 heavy (non-hydrogen) atoms. The quantitative estimate of drug-likeness (QED) is 0.450. The summed E-state index contributed by atoms with van der Waals surface area (Å²) in [6, 6.07) is -0.159. The van der Waals surface area contributed by atoms with Crippen molar-refractivity contribution in [3.8, 4) is 0 Å². The first-order chi connectivity index (χ1) is 5.13. The molecule has 1 atom stereocenters. The van der Waals surface area contributed by atoms with Crippen LogP contribution in [0.15, 0.2) is 12.8 Å². The molecule has 0 radical (unpaired) electrons. The molecule has 64 valence electrons. The highest BCUT2D eigenvalue weighted by Gasteiger charge is 2.18. The molecule has 0 amide bonds. The van der Waals surface area contributed by atoms with E-state index in [-0.39, 0.29) is 12.0 Å². The molecule has 0 heterocycles. The van der Waals surface area contributed by atoms with Gasteiger partial charge in [0.1, 0.15) is 6.04 Å². The van der Waals surface area contributed by atoms with Crippen molar-refractivity contribution in [1.29, 1.82) is 0 Å². The number of nitrogens with zero attached hydrogens (tertiary/aromatic N) is 1. The van der Waals surface area contributed by atoms with Gasteiger partial charge >= 0.3 is 5.97 Å². The summed E-state index contributed by atoms with van der Waals surface area (Å²) in [6.45, 7) is 5.25. The van der Waals surface area contributed by atoms with E-state index in [1.165, 1.54) is 0 Å². The normalized spacial score (nSPS) is 12.7. The zero-order valence-corrected chi connectivity index (χ0v) is 7.33. The van der Waals surface area contributed by atoms with Crippen LogP contribution in [-0.2, 0) is 9.53 Å². The molecule has 0 bridgehead atoms. The third-order valence-electron chi connectivity index (χ3n) is 1.48. The van der Waals surface area contributed by atoms with Gasteiger partial charge in [0.2, 0.25) is 0 Å². The largest absolute Gasteiger partial charge is 0.434 e. The Morgan fingerprint density at radius 1 is 1.73 bits per heavy atom. The summed E-state index contributed by atoms with van der Waals surface area (Å²) in [5.41, 5.74) is 0. The van der Waals surface area contributed by atoms with Crippen LogP contribution in [0, 0.1) is 0 Å². The summed E-state index contributed by atoms with van der Waals surface area (Å²) in [5, 5.41) is 0. The van der Waals surface area contributed by atoms with Crippen molar-refractivity contribution >= 4 is 5.97 Å². The molecule has 0 rings (SSSR count). The number of hydrogen-bond donors (Lipinski definition) is 0. The fourth-order valence-electron chi connectivity index (χ4n) is 0.903. The van der Waals surface area contributed by atoms with Crippen LogP contribution in [-0.4, -0.2) is 31.0 Å². The first-order valence-electron chi connectivity index (χ1n) is 3.61. The van der Waals surface area contributed by atoms with Gasteiger partial charge in [-0.05, 0) is 20.5 Å². The smallest absolute Gasteiger partial charge is 0.328 e. The zero-order chi connectivity index (χ0) is 8.85. The molecule has 0 N–H and O–H groups in total. The maximum atomic E-state index is 11.1. The minimum Gasteiger partial charge on any atom is -0.434 e. The average Bonchev–Trinajstić information content (AvgIpc) is 1.88. The van der Waals surface area contributed by atoms with E-state index in [1.807, 2.05) is 25.9 Å². The Labute approximate surface area is 67.6 Å². The second kappa shape index (κ2) is 4.91. The van der Waals surface area contributed by atoms with E-state index < -0.39 is 0 Å². The van der Waals surface area contributed by atoms with Gasteiger partial charge in [-0.3, -0.25) is 4.90 Å². The summed E-state index contributed by atoms with van der Waals surface area (Å²) < 4.78 is 4.64. The van der Waals surface area contributed by atoms with E-state index in [2.05, 4.69) is 11.3 Å². The molecular weight excluding hydrogens is 142 g/mol. The van der Waals surface area contributed by atoms with E-state index in [0.29, 0.717) is 0 Å². The highest BCUT2D eigenvalue weighted by Crippen LogP contribution is 2.01. The van der Waals surface area contributed by atoms with Crippen LogP contribution in [0.5, 0.6) is 0 Å². The third-order valence-corrected chi connectivity index (χ3v) is 1.48. The minimum absolute atomic E-state index is 0.159. The summed E-state index contributed by atoms with van der Waals surface area (Å²) >= 11 is 0. The maximum absolute atomic E-state index is 11.1. The number of carbonyl (C=O) groups is 1. The van der Waals surface area contributed by atoms with Crippen LogP contribution >= 0.6 is 0 Å². The van der Waals surface area contributed by atoms with Gasteiger partial charge in [-0.2, -0.15) is 0 Å². The van der Waals surface area contributed by atoms with Crippen molar-refractivity contribution in [2.45, 2.75) is 19.4 Å². The second-order valence-corrected chi connectivity index (χ2v) is 2.49. The van der Waals surface area contributed by atoms with Gasteiger partial charge in [0.15, 0.2) is 0 Å². The van der Waals surface area contributed by atoms with Gasteiger partial charge in [-0.15, -0.1) is 0 Å². The minimum atomic E-state index is -0.243. The summed E-state index contributed by atoms with van der Waals surface area (Å²) in [5.74, 6) is -0.243. The van der Waals surface area contributed by atoms with Crippen LogP contribution in [0.4, 0.5) is 0 Å². The van der Waals surface area contributed by atoms with Crippen LogP contribution < -0.4 is 0 Å². The fourth-order valence-corrected chi connectivity index (χ4v) is 0.903. The first-order valence-corrected chi connectivity index (χ1v) is 3.61. The van der Waals surface area contributed by atoms with Crippen LogP contribution in [0.1, 0.15) is 13.3 Å². The molecule has 0 aromatic carbocycles. The molecule has 0 aromatic heterocycles. The van der Waals surface area contributed by atoms with E-state index in [9.17, 15) is 4.79 Å². The Morgan fingerprint density at radius 3 is 2.55 bits per heavy atom. The highest BCUT2D eigenvalue weighted by atomic mass is 16.5. The summed E-state index contributed by atoms with van der Waals surface area (Å²) in [4.78, 5) is 12.9. The number of rotatable bonds is 4. The van der Waals surface area contributed by atoms with Crippen molar-refractivity contribution < 1.29 is 9.53 Å². The lowest BCUT2D eigenvalue weighted by Gasteiger charge is -2.19. The summed E-state index contributed by atoms with van der Waals surface area (Å²) in [6.07, 6.45) is 1.91. The molecule has 3 nitrogen and oxygen atoms in total. The van der Waals surface area contributed by atoms with Gasteiger partial charge in [0.25, 0.3) is 0 Å². The molecule has 0 aliphatic heterocycles. The molecule has 0 aromatic rings. The molecule has 0 spiro atoms. The van der Waals surface area contributed by atoms with E-state index in [4.69, 9.17) is 0 Å². The average molecular weight is 157 g/mol. The van der Waals surface area contributed by atoms with Crippen molar-refractivity contribution in [2.75, 3.05) is 14.1 Å². The van der Waals surface area contributed by atoms with Crippen molar-refractivity contribution in [3.63, 3.8) is 0 Å². The molecule has 0 fully saturated rings. The number of carbonyl (C=O) groups excluding carboxylic acids is 1. The van der Waals surface area contributed by atoms with Gasteiger partial charge in [0.05, 0.1) is 6.26 Å². The van der Waals surface area contributed by atoms with Crippen molar-refractivity contribution in [2.24, 2.45) is 0 Å². The predicted octanol–water partition coefficient (Wildman–Crippen LogP) is 1.01. The number of hydrogen-bond acceptors (Lipinski definition) is 3. The Balaban J connectivity index is 4.02. The number of esters is 1. The lowest BCUT2D eigenvalue weighted by molar-refractivity contribution is -0.143. The number of ether oxygens (including phenoxy) is 1. The van der Waals surface area contributed by atoms with Crippen molar-refractivity contribution in [3.05, 3.63) is 12.8 Å². The van der Waals surface area contributed by atoms with Crippen LogP contribution in [0.2, 0.25) is 0 Å². The molecule has 3 heteroatoms. The Kier molecular flexibility index (Phi) is 4.54. The molecule has 0 saturated carbocycles. The SMILES string of the molecule is C=COC(=O)C(CC)N(C)C. The standard InChI is InChI=1S/C8H15NO2/c1-5-7(9(3)4)8(10)11-6-2/h6-7H,2,5H2,1,3-4H3. The molecule has 0 aliphatic rings. The topological polar surface area (TPSA) is 29.5 Å². The third kappa shape index (κ3) is 3.18. The molecule has 0 aliphatic carbocycles. The van der Waals surface area contributed by atoms with Crippen LogP contribution in [0.25, 0.3) is 0 Å². The van der Waals surface area contributed by atoms with Gasteiger partial charge < -0.3 is 4.74 Å². The highest BCUT2D eigenvalue weighted by molar-refractivity contribution is 5.76. The molecule has 0 saturated heterocycles.